The number of carbonyl (C=O) groups excluding carboxylic acids is 2. The highest BCUT2D eigenvalue weighted by molar-refractivity contribution is 5.82. The predicted octanol–water partition coefficient (Wildman–Crippen LogP) is 2.29. The van der Waals surface area contributed by atoms with E-state index >= 15 is 0 Å². The number of ether oxygens (including phenoxy) is 2. The van der Waals surface area contributed by atoms with E-state index in [1.54, 1.807) is 4.90 Å². The van der Waals surface area contributed by atoms with Gasteiger partial charge in [0, 0.05) is 26.2 Å². The highest BCUT2D eigenvalue weighted by atomic mass is 16.5. The molecule has 148 valence electrons. The first kappa shape index (κ1) is 19.7. The van der Waals surface area contributed by atoms with Gasteiger partial charge >= 0.3 is 0 Å². The van der Waals surface area contributed by atoms with Crippen LogP contribution >= 0.6 is 0 Å². The molecule has 2 fully saturated rings. The summed E-state index contributed by atoms with van der Waals surface area (Å²) in [6.07, 6.45) is 1.70. The number of nitrogens with zero attached hydrogens (tertiary/aromatic N) is 2. The van der Waals surface area contributed by atoms with Gasteiger partial charge in [0.1, 0.15) is 5.75 Å². The first-order chi connectivity index (χ1) is 13.0. The maximum atomic E-state index is 12.7. The van der Waals surface area contributed by atoms with E-state index in [1.807, 2.05) is 29.2 Å². The van der Waals surface area contributed by atoms with Gasteiger partial charge in [-0.25, -0.2) is 0 Å². The monoisotopic (exact) mass is 374 g/mol. The minimum Gasteiger partial charge on any atom is -0.484 e. The zero-order valence-corrected chi connectivity index (χ0v) is 16.4. The molecular weight excluding hydrogens is 344 g/mol. The SMILES string of the molecule is CC(C)c1ccc(OCC(=O)N2CCCC(C(=O)N3CCOCC3)C2)cc1. The molecule has 0 radical (unpaired) electrons. The van der Waals surface area contributed by atoms with Gasteiger partial charge in [0.05, 0.1) is 19.1 Å². The molecule has 27 heavy (non-hydrogen) atoms. The van der Waals surface area contributed by atoms with Crippen LogP contribution in [0, 0.1) is 5.92 Å². The lowest BCUT2D eigenvalue weighted by atomic mass is 9.96. The van der Waals surface area contributed by atoms with E-state index in [0.717, 1.165) is 12.8 Å². The third-order valence-corrected chi connectivity index (χ3v) is 5.36. The smallest absolute Gasteiger partial charge is 0.260 e. The van der Waals surface area contributed by atoms with Gasteiger partial charge in [-0.05, 0) is 36.5 Å². The molecule has 2 heterocycles. The molecule has 1 atom stereocenters. The summed E-state index contributed by atoms with van der Waals surface area (Å²) in [5, 5.41) is 0. The van der Waals surface area contributed by atoms with Gasteiger partial charge < -0.3 is 19.3 Å². The topological polar surface area (TPSA) is 59.1 Å². The van der Waals surface area contributed by atoms with Crippen LogP contribution in [0.2, 0.25) is 0 Å². The number of amides is 2. The number of hydrogen-bond acceptors (Lipinski definition) is 4. The zero-order valence-electron chi connectivity index (χ0n) is 16.4. The van der Waals surface area contributed by atoms with Crippen molar-refractivity contribution in [3.05, 3.63) is 29.8 Å². The van der Waals surface area contributed by atoms with E-state index < -0.39 is 0 Å². The van der Waals surface area contributed by atoms with Gasteiger partial charge in [0.2, 0.25) is 5.91 Å². The van der Waals surface area contributed by atoms with Crippen LogP contribution in [0.1, 0.15) is 38.2 Å². The van der Waals surface area contributed by atoms with Gasteiger partial charge in [-0.1, -0.05) is 26.0 Å². The van der Waals surface area contributed by atoms with Crippen molar-refractivity contribution in [1.29, 1.82) is 0 Å². The van der Waals surface area contributed by atoms with Crippen LogP contribution in [-0.4, -0.2) is 67.6 Å². The van der Waals surface area contributed by atoms with E-state index in [1.165, 1.54) is 5.56 Å². The van der Waals surface area contributed by atoms with Gasteiger partial charge in [-0.3, -0.25) is 9.59 Å². The molecule has 0 aromatic heterocycles. The quantitative estimate of drug-likeness (QED) is 0.793. The Balaban J connectivity index is 1.49. The number of piperidine rings is 1. The minimum atomic E-state index is -0.105. The van der Waals surface area contributed by atoms with Crippen LogP contribution in [0.15, 0.2) is 24.3 Å². The summed E-state index contributed by atoms with van der Waals surface area (Å²) in [6, 6.07) is 7.87. The molecule has 1 aromatic carbocycles. The van der Waals surface area contributed by atoms with Crippen LogP contribution in [0.3, 0.4) is 0 Å². The molecule has 6 nitrogen and oxygen atoms in total. The van der Waals surface area contributed by atoms with E-state index in [9.17, 15) is 9.59 Å². The Kier molecular flexibility index (Phi) is 6.72. The van der Waals surface area contributed by atoms with E-state index in [0.29, 0.717) is 51.1 Å². The largest absolute Gasteiger partial charge is 0.484 e. The summed E-state index contributed by atoms with van der Waals surface area (Å²) in [4.78, 5) is 28.9. The van der Waals surface area contributed by atoms with E-state index in [-0.39, 0.29) is 24.3 Å². The molecule has 2 amide bonds. The Labute approximate surface area is 161 Å². The van der Waals surface area contributed by atoms with Crippen molar-refractivity contribution >= 4 is 11.8 Å². The van der Waals surface area contributed by atoms with Crippen LogP contribution in [0.4, 0.5) is 0 Å². The third-order valence-electron chi connectivity index (χ3n) is 5.36. The summed E-state index contributed by atoms with van der Waals surface area (Å²) in [5.74, 6) is 1.16. The molecular formula is C21H30N2O4. The van der Waals surface area contributed by atoms with E-state index in [4.69, 9.17) is 9.47 Å². The average Bonchev–Trinajstić information content (AvgIpc) is 2.72. The van der Waals surface area contributed by atoms with Crippen molar-refractivity contribution in [2.75, 3.05) is 46.0 Å². The van der Waals surface area contributed by atoms with Crippen molar-refractivity contribution in [3.8, 4) is 5.75 Å². The minimum absolute atomic E-state index is 0.0134. The summed E-state index contributed by atoms with van der Waals surface area (Å²) < 4.78 is 11.0. The molecule has 0 saturated carbocycles. The highest BCUT2D eigenvalue weighted by Gasteiger charge is 2.31. The van der Waals surface area contributed by atoms with Crippen LogP contribution in [0.5, 0.6) is 5.75 Å². The summed E-state index contributed by atoms with van der Waals surface area (Å²) in [5.41, 5.74) is 1.24. The van der Waals surface area contributed by atoms with Crippen molar-refractivity contribution < 1.29 is 19.1 Å². The molecule has 0 spiro atoms. The Bertz CT molecular complexity index is 638. The second-order valence-corrected chi connectivity index (χ2v) is 7.63. The molecule has 3 rings (SSSR count). The fourth-order valence-corrected chi connectivity index (χ4v) is 3.63. The normalized spacial score (nSPS) is 20.6. The summed E-state index contributed by atoms with van der Waals surface area (Å²) in [7, 11) is 0. The molecule has 1 aromatic rings. The predicted molar refractivity (Wildman–Crippen MR) is 103 cm³/mol. The van der Waals surface area contributed by atoms with Crippen LogP contribution in [0.25, 0.3) is 0 Å². The Morgan fingerprint density at radius 3 is 2.48 bits per heavy atom. The number of morpholine rings is 1. The highest BCUT2D eigenvalue weighted by Crippen LogP contribution is 2.21. The van der Waals surface area contributed by atoms with Crippen LogP contribution < -0.4 is 4.74 Å². The molecule has 2 saturated heterocycles. The second-order valence-electron chi connectivity index (χ2n) is 7.63. The lowest BCUT2D eigenvalue weighted by Crippen LogP contribution is -2.50. The van der Waals surface area contributed by atoms with Gasteiger partial charge in [-0.15, -0.1) is 0 Å². The fraction of sp³-hybridized carbons (Fsp3) is 0.619. The second kappa shape index (κ2) is 9.22. The Morgan fingerprint density at radius 1 is 1.11 bits per heavy atom. The van der Waals surface area contributed by atoms with Gasteiger partial charge in [0.15, 0.2) is 6.61 Å². The standard InChI is InChI=1S/C21H30N2O4/c1-16(2)17-5-7-19(8-6-17)27-15-20(24)23-9-3-4-18(14-23)21(25)22-10-12-26-13-11-22/h5-8,16,18H,3-4,9-15H2,1-2H3. The molecule has 2 aliphatic heterocycles. The van der Waals surface area contributed by atoms with Gasteiger partial charge in [0.25, 0.3) is 5.91 Å². The lowest BCUT2D eigenvalue weighted by molar-refractivity contribution is -0.144. The van der Waals surface area contributed by atoms with Crippen LogP contribution in [-0.2, 0) is 14.3 Å². The first-order valence-electron chi connectivity index (χ1n) is 9.91. The maximum absolute atomic E-state index is 12.7. The van der Waals surface area contributed by atoms with Crippen molar-refractivity contribution in [2.45, 2.75) is 32.6 Å². The molecule has 1 unspecified atom stereocenters. The Morgan fingerprint density at radius 2 is 1.81 bits per heavy atom. The Hall–Kier alpha value is -2.08. The van der Waals surface area contributed by atoms with Crippen molar-refractivity contribution in [1.82, 2.24) is 9.80 Å². The zero-order chi connectivity index (χ0) is 19.2. The average molecular weight is 374 g/mol. The molecule has 2 aliphatic rings. The first-order valence-corrected chi connectivity index (χ1v) is 9.91. The molecule has 0 aliphatic carbocycles. The van der Waals surface area contributed by atoms with Crippen molar-refractivity contribution in [2.24, 2.45) is 5.92 Å². The fourth-order valence-electron chi connectivity index (χ4n) is 3.63. The molecule has 0 bridgehead atoms. The summed E-state index contributed by atoms with van der Waals surface area (Å²) >= 11 is 0. The van der Waals surface area contributed by atoms with E-state index in [2.05, 4.69) is 13.8 Å². The van der Waals surface area contributed by atoms with Gasteiger partial charge in [-0.2, -0.15) is 0 Å². The lowest BCUT2D eigenvalue weighted by Gasteiger charge is -2.36. The summed E-state index contributed by atoms with van der Waals surface area (Å²) in [6.45, 7) is 7.99. The number of likely N-dealkylation sites (tertiary alicyclic amines) is 1. The number of carbonyl (C=O) groups is 2. The number of rotatable bonds is 5. The maximum Gasteiger partial charge on any atom is 0.260 e. The number of hydrogen-bond donors (Lipinski definition) is 0. The van der Waals surface area contributed by atoms with Crippen molar-refractivity contribution in [3.63, 3.8) is 0 Å². The number of benzene rings is 1. The third kappa shape index (κ3) is 5.22. The molecule has 0 N–H and O–H groups in total. The molecule has 6 heteroatoms.